The minimum atomic E-state index is -2.43. The van der Waals surface area contributed by atoms with Crippen molar-refractivity contribution in [1.29, 1.82) is 0 Å². The summed E-state index contributed by atoms with van der Waals surface area (Å²) >= 11 is 1.05. The maximum Gasteiger partial charge on any atom is 0.257 e. The molecule has 0 bridgehead atoms. The zero-order valence-electron chi connectivity index (χ0n) is 9.66. The van der Waals surface area contributed by atoms with E-state index in [1.807, 2.05) is 0 Å². The number of anilines is 1. The van der Waals surface area contributed by atoms with Gasteiger partial charge >= 0.3 is 0 Å². The quantitative estimate of drug-likeness (QED) is 0.907. The van der Waals surface area contributed by atoms with E-state index in [2.05, 4.69) is 10.4 Å². The van der Waals surface area contributed by atoms with Gasteiger partial charge in [0, 0.05) is 17.6 Å². The van der Waals surface area contributed by atoms with E-state index in [1.54, 1.807) is 13.0 Å². The van der Waals surface area contributed by atoms with Crippen LogP contribution in [-0.2, 0) is 13.1 Å². The Hall–Kier alpha value is -1.50. The SMILES string of the molecule is Cc1nn(CC(F)F)cc1NCc1ccc(F)s1. The Balaban J connectivity index is 1.98. The van der Waals surface area contributed by atoms with Crippen LogP contribution in [0.25, 0.3) is 0 Å². The Bertz CT molecular complexity index is 521. The van der Waals surface area contributed by atoms with Crippen LogP contribution in [0.3, 0.4) is 0 Å². The number of hydrogen-bond acceptors (Lipinski definition) is 3. The van der Waals surface area contributed by atoms with Crippen molar-refractivity contribution in [2.45, 2.75) is 26.4 Å². The molecule has 0 amide bonds. The molecule has 0 fully saturated rings. The maximum absolute atomic E-state index is 12.8. The van der Waals surface area contributed by atoms with Crippen LogP contribution < -0.4 is 5.32 Å². The van der Waals surface area contributed by atoms with Crippen molar-refractivity contribution in [1.82, 2.24) is 9.78 Å². The van der Waals surface area contributed by atoms with Gasteiger partial charge in [-0.3, -0.25) is 4.68 Å². The van der Waals surface area contributed by atoms with Crippen molar-refractivity contribution in [3.8, 4) is 0 Å². The first-order chi connectivity index (χ1) is 8.54. The van der Waals surface area contributed by atoms with Gasteiger partial charge in [0.1, 0.15) is 6.54 Å². The van der Waals surface area contributed by atoms with E-state index in [0.717, 1.165) is 16.2 Å². The molecule has 0 aliphatic heterocycles. The maximum atomic E-state index is 12.8. The predicted octanol–water partition coefficient (Wildman–Crippen LogP) is 3.27. The van der Waals surface area contributed by atoms with Crippen molar-refractivity contribution < 1.29 is 13.2 Å². The number of aryl methyl sites for hydroxylation is 1. The molecule has 0 aliphatic carbocycles. The van der Waals surface area contributed by atoms with Crippen LogP contribution in [0.15, 0.2) is 18.3 Å². The van der Waals surface area contributed by atoms with Crippen LogP contribution in [-0.4, -0.2) is 16.2 Å². The molecule has 98 valence electrons. The van der Waals surface area contributed by atoms with E-state index in [0.29, 0.717) is 17.9 Å². The number of thiophene rings is 1. The van der Waals surface area contributed by atoms with Gasteiger partial charge in [0.15, 0.2) is 5.13 Å². The summed E-state index contributed by atoms with van der Waals surface area (Å²) in [5.41, 5.74) is 1.33. The summed E-state index contributed by atoms with van der Waals surface area (Å²) < 4.78 is 38.4. The van der Waals surface area contributed by atoms with E-state index in [4.69, 9.17) is 0 Å². The van der Waals surface area contributed by atoms with Crippen LogP contribution in [0.5, 0.6) is 0 Å². The molecule has 0 aliphatic rings. The van der Waals surface area contributed by atoms with Crippen LogP contribution in [0.1, 0.15) is 10.6 Å². The Kier molecular flexibility index (Phi) is 3.90. The Morgan fingerprint density at radius 1 is 1.44 bits per heavy atom. The first kappa shape index (κ1) is 12.9. The second kappa shape index (κ2) is 5.43. The third-order valence-corrected chi connectivity index (χ3v) is 3.23. The molecular formula is C11H12F3N3S. The molecular weight excluding hydrogens is 263 g/mol. The molecule has 2 rings (SSSR count). The molecule has 3 nitrogen and oxygen atoms in total. The van der Waals surface area contributed by atoms with E-state index in [9.17, 15) is 13.2 Å². The monoisotopic (exact) mass is 275 g/mol. The van der Waals surface area contributed by atoms with Gasteiger partial charge in [-0.05, 0) is 19.1 Å². The van der Waals surface area contributed by atoms with Gasteiger partial charge in [0.05, 0.1) is 11.4 Å². The molecule has 0 atom stereocenters. The number of nitrogens with zero attached hydrogens (tertiary/aromatic N) is 2. The molecule has 0 saturated carbocycles. The molecule has 1 N–H and O–H groups in total. The summed E-state index contributed by atoms with van der Waals surface area (Å²) in [5.74, 6) is 0. The van der Waals surface area contributed by atoms with Crippen molar-refractivity contribution in [2.24, 2.45) is 0 Å². The Morgan fingerprint density at radius 3 is 2.83 bits per heavy atom. The average molecular weight is 275 g/mol. The molecule has 2 heterocycles. The number of aromatic nitrogens is 2. The fraction of sp³-hybridized carbons (Fsp3) is 0.364. The Morgan fingerprint density at radius 2 is 2.22 bits per heavy atom. The molecule has 18 heavy (non-hydrogen) atoms. The highest BCUT2D eigenvalue weighted by molar-refractivity contribution is 7.10. The second-order valence-electron chi connectivity index (χ2n) is 3.80. The molecule has 2 aromatic heterocycles. The van der Waals surface area contributed by atoms with E-state index < -0.39 is 13.0 Å². The molecule has 0 spiro atoms. The Labute approximate surface area is 106 Å². The summed E-state index contributed by atoms with van der Waals surface area (Å²) in [7, 11) is 0. The van der Waals surface area contributed by atoms with Crippen molar-refractivity contribution in [3.63, 3.8) is 0 Å². The highest BCUT2D eigenvalue weighted by Crippen LogP contribution is 2.18. The van der Waals surface area contributed by atoms with Gasteiger partial charge in [0.25, 0.3) is 6.43 Å². The lowest BCUT2D eigenvalue weighted by atomic mass is 10.4. The number of nitrogens with one attached hydrogen (secondary N) is 1. The summed E-state index contributed by atoms with van der Waals surface area (Å²) in [6.07, 6.45) is -0.894. The summed E-state index contributed by atoms with van der Waals surface area (Å²) in [4.78, 5) is 0.841. The van der Waals surface area contributed by atoms with E-state index in [1.165, 1.54) is 16.9 Å². The second-order valence-corrected chi connectivity index (χ2v) is 4.92. The zero-order chi connectivity index (χ0) is 13.1. The zero-order valence-corrected chi connectivity index (χ0v) is 10.5. The van der Waals surface area contributed by atoms with Crippen molar-refractivity contribution >= 4 is 17.0 Å². The lowest BCUT2D eigenvalue weighted by Gasteiger charge is -2.01. The van der Waals surface area contributed by atoms with Gasteiger partial charge in [-0.2, -0.15) is 9.49 Å². The minimum absolute atomic E-state index is 0.239. The van der Waals surface area contributed by atoms with Crippen LogP contribution >= 0.6 is 11.3 Å². The lowest BCUT2D eigenvalue weighted by Crippen LogP contribution is -2.06. The normalized spacial score (nSPS) is 11.2. The van der Waals surface area contributed by atoms with E-state index in [-0.39, 0.29) is 5.13 Å². The van der Waals surface area contributed by atoms with Crippen LogP contribution in [0.4, 0.5) is 18.9 Å². The minimum Gasteiger partial charge on any atom is -0.377 e. The first-order valence-corrected chi connectivity index (χ1v) is 6.16. The van der Waals surface area contributed by atoms with Crippen molar-refractivity contribution in [3.05, 3.63) is 34.0 Å². The van der Waals surface area contributed by atoms with Gasteiger partial charge in [0.2, 0.25) is 0 Å². The predicted molar refractivity (Wildman–Crippen MR) is 64.6 cm³/mol. The topological polar surface area (TPSA) is 29.9 Å². The fourth-order valence-electron chi connectivity index (χ4n) is 1.56. The van der Waals surface area contributed by atoms with Gasteiger partial charge in [-0.25, -0.2) is 8.78 Å². The molecule has 0 unspecified atom stereocenters. The largest absolute Gasteiger partial charge is 0.377 e. The highest BCUT2D eigenvalue weighted by Gasteiger charge is 2.09. The molecule has 0 saturated heterocycles. The lowest BCUT2D eigenvalue weighted by molar-refractivity contribution is 0.121. The molecule has 7 heteroatoms. The smallest absolute Gasteiger partial charge is 0.257 e. The van der Waals surface area contributed by atoms with Gasteiger partial charge < -0.3 is 5.32 Å². The van der Waals surface area contributed by atoms with Gasteiger partial charge in [-0.1, -0.05) is 0 Å². The standard InChI is InChI=1S/C11H12F3N3S/c1-7-9(5-17(16-7)6-10(12)13)15-4-8-2-3-11(14)18-8/h2-3,5,10,15H,4,6H2,1H3. The van der Waals surface area contributed by atoms with Crippen LogP contribution in [0, 0.1) is 12.1 Å². The molecule has 0 aromatic carbocycles. The fourth-order valence-corrected chi connectivity index (χ4v) is 2.22. The third-order valence-electron chi connectivity index (χ3n) is 2.35. The first-order valence-electron chi connectivity index (χ1n) is 5.35. The number of rotatable bonds is 5. The van der Waals surface area contributed by atoms with Gasteiger partial charge in [-0.15, -0.1) is 11.3 Å². The summed E-state index contributed by atoms with van der Waals surface area (Å²) in [5, 5.41) is 6.78. The number of hydrogen-bond donors (Lipinski definition) is 1. The third kappa shape index (κ3) is 3.25. The number of halogens is 3. The highest BCUT2D eigenvalue weighted by atomic mass is 32.1. The number of alkyl halides is 2. The summed E-state index contributed by atoms with van der Waals surface area (Å²) in [6, 6.07) is 3.08. The average Bonchev–Trinajstić information content (AvgIpc) is 2.82. The molecule has 0 radical (unpaired) electrons. The van der Waals surface area contributed by atoms with Crippen LogP contribution in [0.2, 0.25) is 0 Å². The van der Waals surface area contributed by atoms with Crippen molar-refractivity contribution in [2.75, 3.05) is 5.32 Å². The summed E-state index contributed by atoms with van der Waals surface area (Å²) in [6.45, 7) is 1.77. The van der Waals surface area contributed by atoms with E-state index >= 15 is 0 Å². The molecule has 2 aromatic rings.